The second kappa shape index (κ2) is 5.98. The summed E-state index contributed by atoms with van der Waals surface area (Å²) >= 11 is 0. The summed E-state index contributed by atoms with van der Waals surface area (Å²) in [5.74, 6) is 4.66. The lowest BCUT2D eigenvalue weighted by Gasteiger charge is -1.78. The van der Waals surface area contributed by atoms with Gasteiger partial charge in [0.25, 0.3) is 0 Å². The second-order valence-corrected chi connectivity index (χ2v) is 1.09. The van der Waals surface area contributed by atoms with Crippen LogP contribution in [0.1, 0.15) is 0 Å². The van der Waals surface area contributed by atoms with Crippen LogP contribution in [-0.2, 0) is 4.84 Å². The van der Waals surface area contributed by atoms with Crippen molar-refractivity contribution < 1.29 is 4.84 Å². The molecule has 0 amide bonds. The molecule has 2 N–H and O–H groups in total. The summed E-state index contributed by atoms with van der Waals surface area (Å²) in [6.07, 6.45) is 8.25. The average Bonchev–Trinajstić information content (AvgIpc) is 1.81. The van der Waals surface area contributed by atoms with Gasteiger partial charge in [-0.15, -0.1) is 0 Å². The highest BCUT2D eigenvalue weighted by Crippen LogP contribution is 1.75. The molecule has 0 aromatic heterocycles. The molecule has 0 atom stereocenters. The number of hydrogen-bond donors (Lipinski definition) is 1. The van der Waals surface area contributed by atoms with Crippen molar-refractivity contribution in [2.75, 3.05) is 0 Å². The highest BCUT2D eigenvalue weighted by Gasteiger charge is 1.58. The van der Waals surface area contributed by atoms with Gasteiger partial charge in [-0.2, -0.15) is 5.90 Å². The third-order valence-electron chi connectivity index (χ3n) is 0.515. The maximum absolute atomic E-state index is 4.66. The normalized spacial score (nSPS) is 10.6. The van der Waals surface area contributed by atoms with E-state index in [9.17, 15) is 0 Å². The first-order chi connectivity index (χ1) is 3.91. The van der Waals surface area contributed by atoms with E-state index in [-0.39, 0.29) is 0 Å². The van der Waals surface area contributed by atoms with Gasteiger partial charge in [0.05, 0.1) is 0 Å². The molecule has 0 aliphatic carbocycles. The summed E-state index contributed by atoms with van der Waals surface area (Å²) in [4.78, 5) is 4.12. The molecule has 8 heavy (non-hydrogen) atoms. The highest BCUT2D eigenvalue weighted by atomic mass is 16.6. The van der Waals surface area contributed by atoms with Gasteiger partial charge in [0.15, 0.2) is 0 Å². The van der Waals surface area contributed by atoms with Gasteiger partial charge in [0.2, 0.25) is 0 Å². The zero-order chi connectivity index (χ0) is 6.24. The van der Waals surface area contributed by atoms with Gasteiger partial charge >= 0.3 is 0 Å². The van der Waals surface area contributed by atoms with E-state index >= 15 is 0 Å². The molecule has 0 bridgehead atoms. The van der Waals surface area contributed by atoms with E-state index in [0.29, 0.717) is 0 Å². The summed E-state index contributed by atoms with van der Waals surface area (Å²) in [6.45, 7) is 3.47. The molecule has 0 saturated heterocycles. The number of allylic oxidation sites excluding steroid dienone is 4. The monoisotopic (exact) mass is 111 g/mol. The molecule has 0 heterocycles. The summed E-state index contributed by atoms with van der Waals surface area (Å²) in [5.41, 5.74) is 0. The molecule has 0 aromatic carbocycles. The van der Waals surface area contributed by atoms with Crippen LogP contribution in [0.25, 0.3) is 0 Å². The number of rotatable bonds is 3. The molecule has 0 rings (SSSR count). The van der Waals surface area contributed by atoms with Crippen LogP contribution in [0.2, 0.25) is 0 Å². The molecule has 0 aliphatic rings. The van der Waals surface area contributed by atoms with Gasteiger partial charge in [0, 0.05) is 0 Å². The Bertz CT molecular complexity index is 105. The van der Waals surface area contributed by atoms with Crippen molar-refractivity contribution in [1.82, 2.24) is 0 Å². The highest BCUT2D eigenvalue weighted by molar-refractivity contribution is 5.06. The first-order valence-electron chi connectivity index (χ1n) is 2.21. The molecule has 0 aromatic rings. The fourth-order valence-corrected chi connectivity index (χ4v) is 0.233. The fourth-order valence-electron chi connectivity index (χ4n) is 0.233. The molecule has 0 saturated carbocycles. The predicted molar refractivity (Wildman–Crippen MR) is 33.7 cm³/mol. The Balaban J connectivity index is 3.26. The zero-order valence-corrected chi connectivity index (χ0v) is 4.58. The summed E-state index contributed by atoms with van der Waals surface area (Å²) in [7, 11) is 0. The first kappa shape index (κ1) is 6.98. The third-order valence-corrected chi connectivity index (χ3v) is 0.515. The largest absolute Gasteiger partial charge is 0.419 e. The van der Waals surface area contributed by atoms with Crippen molar-refractivity contribution in [2.24, 2.45) is 5.90 Å². The Morgan fingerprint density at radius 3 is 2.50 bits per heavy atom. The SMILES string of the molecule is C=C/C=C/C=C\ON. The maximum Gasteiger partial charge on any atom is 0.110 e. The van der Waals surface area contributed by atoms with E-state index in [1.54, 1.807) is 24.3 Å². The van der Waals surface area contributed by atoms with Gasteiger partial charge < -0.3 is 4.84 Å². The van der Waals surface area contributed by atoms with Crippen LogP contribution >= 0.6 is 0 Å². The lowest BCUT2D eigenvalue weighted by Crippen LogP contribution is -1.86. The predicted octanol–water partition coefficient (Wildman–Crippen LogP) is 1.13. The van der Waals surface area contributed by atoms with Crippen molar-refractivity contribution in [3.8, 4) is 0 Å². The molecule has 2 nitrogen and oxygen atoms in total. The molecule has 0 aliphatic heterocycles. The molecule has 0 fully saturated rings. The van der Waals surface area contributed by atoms with E-state index in [1.807, 2.05) is 0 Å². The summed E-state index contributed by atoms with van der Waals surface area (Å²) < 4.78 is 0. The lowest BCUT2D eigenvalue weighted by molar-refractivity contribution is 0.261. The van der Waals surface area contributed by atoms with E-state index in [4.69, 9.17) is 0 Å². The van der Waals surface area contributed by atoms with Crippen molar-refractivity contribution in [3.63, 3.8) is 0 Å². The molecule has 0 radical (unpaired) electrons. The minimum absolute atomic E-state index is 1.38. The van der Waals surface area contributed by atoms with Crippen LogP contribution in [-0.4, -0.2) is 0 Å². The van der Waals surface area contributed by atoms with E-state index in [1.165, 1.54) is 6.26 Å². The Morgan fingerprint density at radius 2 is 2.00 bits per heavy atom. The average molecular weight is 111 g/mol. The van der Waals surface area contributed by atoms with Gasteiger partial charge in [-0.05, 0) is 6.08 Å². The van der Waals surface area contributed by atoms with Crippen LogP contribution in [0.5, 0.6) is 0 Å². The van der Waals surface area contributed by atoms with Crippen LogP contribution in [0.3, 0.4) is 0 Å². The fraction of sp³-hybridized carbons (Fsp3) is 0. The Kier molecular flexibility index (Phi) is 5.22. The van der Waals surface area contributed by atoms with Crippen LogP contribution in [0.15, 0.2) is 37.1 Å². The minimum Gasteiger partial charge on any atom is -0.419 e. The van der Waals surface area contributed by atoms with E-state index in [0.717, 1.165) is 0 Å². The van der Waals surface area contributed by atoms with Gasteiger partial charge in [-0.1, -0.05) is 24.8 Å². The molecule has 0 spiro atoms. The quantitative estimate of drug-likeness (QED) is 0.336. The molecular weight excluding hydrogens is 102 g/mol. The molecule has 44 valence electrons. The number of hydrogen-bond acceptors (Lipinski definition) is 2. The van der Waals surface area contributed by atoms with Crippen molar-refractivity contribution in [1.29, 1.82) is 0 Å². The maximum atomic E-state index is 4.66. The second-order valence-electron chi connectivity index (χ2n) is 1.09. The zero-order valence-electron chi connectivity index (χ0n) is 4.58. The van der Waals surface area contributed by atoms with Gasteiger partial charge in [-0.3, -0.25) is 0 Å². The summed E-state index contributed by atoms with van der Waals surface area (Å²) in [5, 5.41) is 0. The van der Waals surface area contributed by atoms with Gasteiger partial charge in [0.1, 0.15) is 6.26 Å². The Labute approximate surface area is 48.9 Å². The summed E-state index contributed by atoms with van der Waals surface area (Å²) in [6, 6.07) is 0. The standard InChI is InChI=1S/C6H9NO/c1-2-3-4-5-6-8-7/h2-6H,1,7H2/b4-3+,6-5-. The topological polar surface area (TPSA) is 35.2 Å². The minimum atomic E-state index is 1.38. The Hall–Kier alpha value is -1.02. The van der Waals surface area contributed by atoms with Gasteiger partial charge in [-0.25, -0.2) is 0 Å². The van der Waals surface area contributed by atoms with Crippen LogP contribution < -0.4 is 5.90 Å². The lowest BCUT2D eigenvalue weighted by atomic mass is 10.5. The molecule has 2 heteroatoms. The Morgan fingerprint density at radius 1 is 1.25 bits per heavy atom. The van der Waals surface area contributed by atoms with Crippen LogP contribution in [0.4, 0.5) is 0 Å². The van der Waals surface area contributed by atoms with Crippen LogP contribution in [0, 0.1) is 0 Å². The van der Waals surface area contributed by atoms with Crippen molar-refractivity contribution in [3.05, 3.63) is 37.1 Å². The number of nitrogens with two attached hydrogens (primary N) is 1. The molecule has 0 unspecified atom stereocenters. The van der Waals surface area contributed by atoms with E-state index in [2.05, 4.69) is 17.3 Å². The third kappa shape index (κ3) is 4.98. The van der Waals surface area contributed by atoms with Crippen molar-refractivity contribution in [2.45, 2.75) is 0 Å². The first-order valence-corrected chi connectivity index (χ1v) is 2.21. The molecular formula is C6H9NO. The van der Waals surface area contributed by atoms with Crippen molar-refractivity contribution >= 4 is 0 Å². The van der Waals surface area contributed by atoms with E-state index < -0.39 is 0 Å². The smallest absolute Gasteiger partial charge is 0.110 e.